The van der Waals surface area contributed by atoms with E-state index in [1.807, 2.05) is 0 Å². The molecule has 1 aliphatic carbocycles. The van der Waals surface area contributed by atoms with Crippen molar-refractivity contribution >= 4 is 6.09 Å². The van der Waals surface area contributed by atoms with Crippen LogP contribution >= 0.6 is 0 Å². The molecule has 0 bridgehead atoms. The van der Waals surface area contributed by atoms with E-state index in [-0.39, 0.29) is 18.5 Å². The highest BCUT2D eigenvalue weighted by Gasteiger charge is 2.61. The lowest BCUT2D eigenvalue weighted by atomic mass is 9.84. The fraction of sp³-hybridized carbons (Fsp3) is 0.929. The van der Waals surface area contributed by atoms with Crippen LogP contribution in [0.15, 0.2) is 0 Å². The first-order chi connectivity index (χ1) is 10.9. The number of nitrogens with zero attached hydrogens (tertiary/aromatic N) is 1. The highest BCUT2D eigenvalue weighted by atomic mass is 19.4. The number of hydrogen-bond donors (Lipinski definition) is 0. The van der Waals surface area contributed by atoms with Crippen LogP contribution in [0.3, 0.4) is 0 Å². The second-order valence-electron chi connectivity index (χ2n) is 6.98. The quantitative estimate of drug-likeness (QED) is 0.670. The predicted molar refractivity (Wildman–Crippen MR) is 68.2 cm³/mol. The Labute approximate surface area is 134 Å². The Bertz CT molecular complexity index is 492. The van der Waals surface area contributed by atoms with Crippen LogP contribution in [-0.4, -0.2) is 54.7 Å². The van der Waals surface area contributed by atoms with E-state index in [2.05, 4.69) is 4.74 Å². The van der Waals surface area contributed by atoms with Gasteiger partial charge in [-0.25, -0.2) is 4.79 Å². The van der Waals surface area contributed by atoms with E-state index in [4.69, 9.17) is 4.74 Å². The third-order valence-electron chi connectivity index (χ3n) is 5.08. The van der Waals surface area contributed by atoms with E-state index in [1.165, 1.54) is 0 Å². The summed E-state index contributed by atoms with van der Waals surface area (Å²) in [5.41, 5.74) is -0.193. The zero-order chi connectivity index (χ0) is 17.8. The molecular weight excluding hydrogens is 344 g/mol. The number of rotatable bonds is 1. The Balaban J connectivity index is 1.57. The van der Waals surface area contributed by atoms with Crippen LogP contribution in [0.2, 0.25) is 0 Å². The van der Waals surface area contributed by atoms with Crippen molar-refractivity contribution in [2.45, 2.75) is 56.2 Å². The van der Waals surface area contributed by atoms with Crippen molar-refractivity contribution in [3.8, 4) is 0 Å². The van der Waals surface area contributed by atoms with E-state index in [0.717, 1.165) is 24.2 Å². The Kier molecular flexibility index (Phi) is 3.97. The maximum atomic E-state index is 12.4. The molecule has 1 saturated carbocycles. The summed E-state index contributed by atoms with van der Waals surface area (Å²) in [6, 6.07) is 0. The van der Waals surface area contributed by atoms with Gasteiger partial charge < -0.3 is 14.4 Å². The van der Waals surface area contributed by atoms with Gasteiger partial charge in [-0.1, -0.05) is 0 Å². The minimum absolute atomic E-state index is 0.0251. The number of likely N-dealkylation sites (tertiary alicyclic amines) is 1. The molecule has 0 radical (unpaired) electrons. The monoisotopic (exact) mass is 361 g/mol. The Morgan fingerprint density at radius 3 is 1.96 bits per heavy atom. The minimum atomic E-state index is -5.70. The molecule has 2 saturated heterocycles. The average Bonchev–Trinajstić information content (AvgIpc) is 3.11. The molecular formula is C14H17F6NO3. The Hall–Kier alpha value is -1.19. The van der Waals surface area contributed by atoms with Gasteiger partial charge in [0.05, 0.1) is 12.2 Å². The predicted octanol–water partition coefficient (Wildman–Crippen LogP) is 3.65. The molecule has 0 atom stereocenters. The van der Waals surface area contributed by atoms with Gasteiger partial charge >= 0.3 is 18.4 Å². The molecule has 10 heteroatoms. The van der Waals surface area contributed by atoms with Gasteiger partial charge in [0.15, 0.2) is 0 Å². The van der Waals surface area contributed by atoms with Gasteiger partial charge in [-0.2, -0.15) is 26.3 Å². The number of halogens is 6. The molecule has 2 heterocycles. The van der Waals surface area contributed by atoms with Gasteiger partial charge in [0.25, 0.3) is 6.10 Å². The normalized spacial score (nSPS) is 25.5. The lowest BCUT2D eigenvalue weighted by Crippen LogP contribution is -2.51. The van der Waals surface area contributed by atoms with Crippen LogP contribution in [0.1, 0.15) is 32.1 Å². The summed E-state index contributed by atoms with van der Waals surface area (Å²) in [5.74, 6) is 0. The lowest BCUT2D eigenvalue weighted by molar-refractivity contribution is -0.308. The van der Waals surface area contributed by atoms with Crippen molar-refractivity contribution in [2.75, 3.05) is 19.7 Å². The van der Waals surface area contributed by atoms with E-state index in [0.29, 0.717) is 19.4 Å². The van der Waals surface area contributed by atoms with E-state index < -0.39 is 30.2 Å². The van der Waals surface area contributed by atoms with Gasteiger partial charge in [0.1, 0.15) is 0 Å². The van der Waals surface area contributed by atoms with Crippen molar-refractivity contribution in [1.29, 1.82) is 0 Å². The first-order valence-corrected chi connectivity index (χ1v) is 7.68. The number of amides is 1. The molecule has 138 valence electrons. The molecule has 2 spiro atoms. The van der Waals surface area contributed by atoms with Gasteiger partial charge in [-0.3, -0.25) is 0 Å². The summed E-state index contributed by atoms with van der Waals surface area (Å²) in [4.78, 5) is 12.6. The van der Waals surface area contributed by atoms with Crippen molar-refractivity contribution < 1.29 is 40.6 Å². The first kappa shape index (κ1) is 17.6. The summed E-state index contributed by atoms with van der Waals surface area (Å²) in [5, 5.41) is 0. The number of ether oxygens (including phenoxy) is 2. The van der Waals surface area contributed by atoms with Crippen LogP contribution in [0.25, 0.3) is 0 Å². The summed E-state index contributed by atoms with van der Waals surface area (Å²) in [6.45, 7) is 0.691. The van der Waals surface area contributed by atoms with Crippen LogP contribution in [0.4, 0.5) is 31.1 Å². The van der Waals surface area contributed by atoms with E-state index in [1.54, 1.807) is 0 Å². The maximum Gasteiger partial charge on any atom is 0.434 e. The van der Waals surface area contributed by atoms with Crippen LogP contribution in [0.5, 0.6) is 0 Å². The number of carbonyl (C=O) groups is 1. The molecule has 0 aromatic heterocycles. The highest BCUT2D eigenvalue weighted by Crippen LogP contribution is 2.59. The van der Waals surface area contributed by atoms with Crippen molar-refractivity contribution in [3.05, 3.63) is 0 Å². The van der Waals surface area contributed by atoms with Crippen LogP contribution in [-0.2, 0) is 9.47 Å². The van der Waals surface area contributed by atoms with Crippen molar-refractivity contribution in [1.82, 2.24) is 4.90 Å². The molecule has 3 fully saturated rings. The second-order valence-corrected chi connectivity index (χ2v) is 6.98. The minimum Gasteiger partial charge on any atom is -0.426 e. The van der Waals surface area contributed by atoms with Crippen LogP contribution in [0, 0.1) is 5.41 Å². The fourth-order valence-electron chi connectivity index (χ4n) is 3.50. The maximum absolute atomic E-state index is 12.4. The first-order valence-electron chi connectivity index (χ1n) is 7.68. The van der Waals surface area contributed by atoms with Gasteiger partial charge in [-0.15, -0.1) is 0 Å². The largest absolute Gasteiger partial charge is 0.434 e. The van der Waals surface area contributed by atoms with Gasteiger partial charge in [-0.05, 0) is 37.5 Å². The molecule has 3 aliphatic rings. The summed E-state index contributed by atoms with van der Waals surface area (Å²) < 4.78 is 84.2. The van der Waals surface area contributed by atoms with E-state index >= 15 is 0 Å². The van der Waals surface area contributed by atoms with Crippen molar-refractivity contribution in [3.63, 3.8) is 0 Å². The molecule has 0 aromatic rings. The molecule has 0 unspecified atom stereocenters. The number of alkyl halides is 6. The molecule has 4 nitrogen and oxygen atoms in total. The standard InChI is InChI=1S/C14H17F6NO3/c15-13(16,17)9(14(18,19)20)24-10(22)21-5-3-12(4-6-21)7-11(1-2-11)8-23-12/h9H,1-8H2. The SMILES string of the molecule is O=C(OC(C(F)(F)F)C(F)(F)F)N1CCC2(CC1)CC1(CC1)CO2. The molecule has 1 amide bonds. The van der Waals surface area contributed by atoms with E-state index in [9.17, 15) is 31.1 Å². The molecule has 0 aromatic carbocycles. The molecule has 0 N–H and O–H groups in total. The average molecular weight is 361 g/mol. The van der Waals surface area contributed by atoms with Crippen molar-refractivity contribution in [2.24, 2.45) is 5.41 Å². The molecule has 24 heavy (non-hydrogen) atoms. The number of hydrogen-bond acceptors (Lipinski definition) is 3. The smallest absolute Gasteiger partial charge is 0.426 e. The molecule has 2 aliphatic heterocycles. The third-order valence-corrected chi connectivity index (χ3v) is 5.08. The van der Waals surface area contributed by atoms with Gasteiger partial charge in [0.2, 0.25) is 0 Å². The highest BCUT2D eigenvalue weighted by molar-refractivity contribution is 5.68. The number of carbonyl (C=O) groups excluding carboxylic acids is 1. The summed E-state index contributed by atoms with van der Waals surface area (Å²) in [6.07, 6.45) is -13.3. The van der Waals surface area contributed by atoms with Gasteiger partial charge in [0, 0.05) is 13.1 Å². The number of piperidine rings is 1. The summed E-state index contributed by atoms with van der Waals surface area (Å²) >= 11 is 0. The Morgan fingerprint density at radius 2 is 1.54 bits per heavy atom. The topological polar surface area (TPSA) is 38.8 Å². The second kappa shape index (κ2) is 5.40. The summed E-state index contributed by atoms with van der Waals surface area (Å²) in [7, 11) is 0. The fourth-order valence-corrected chi connectivity index (χ4v) is 3.50. The Morgan fingerprint density at radius 1 is 1.00 bits per heavy atom. The van der Waals surface area contributed by atoms with Crippen LogP contribution < -0.4 is 0 Å². The zero-order valence-corrected chi connectivity index (χ0v) is 12.7. The zero-order valence-electron chi connectivity index (χ0n) is 12.7. The third kappa shape index (κ3) is 3.43. The molecule has 3 rings (SSSR count). The lowest BCUT2D eigenvalue weighted by Gasteiger charge is -2.38.